The number of anilines is 3. The van der Waals surface area contributed by atoms with Crippen molar-refractivity contribution >= 4 is 51.2 Å². The summed E-state index contributed by atoms with van der Waals surface area (Å²) < 4.78 is 0. The third kappa shape index (κ3) is 4.54. The average Bonchev–Trinajstić information content (AvgIpc) is 3.48. The average molecular weight is 455 g/mol. The molecule has 0 aliphatic carbocycles. The molecule has 0 saturated carbocycles. The molecule has 3 amide bonds. The fourth-order valence-corrected chi connectivity index (χ4v) is 4.50. The first-order valence-corrected chi connectivity index (χ1v) is 10.8. The summed E-state index contributed by atoms with van der Waals surface area (Å²) in [5, 5.41) is 17.6. The normalized spacial score (nSPS) is 10.6. The van der Waals surface area contributed by atoms with Gasteiger partial charge in [0.05, 0.1) is 5.69 Å². The number of aromatic nitrogens is 4. The van der Waals surface area contributed by atoms with Crippen LogP contribution in [0.3, 0.4) is 0 Å². The molecule has 0 fully saturated rings. The fourth-order valence-electron chi connectivity index (χ4n) is 2.69. The van der Waals surface area contributed by atoms with Gasteiger partial charge in [0, 0.05) is 29.4 Å². The number of nitrogen functional groups attached to an aromatic ring is 1. The smallest absolute Gasteiger partial charge is 0.320 e. The molecular weight excluding hydrogens is 436 g/mol. The lowest BCUT2D eigenvalue weighted by Crippen LogP contribution is -2.24. The number of benzene rings is 1. The van der Waals surface area contributed by atoms with E-state index >= 15 is 0 Å². The predicted octanol–water partition coefficient (Wildman–Crippen LogP) is 3.55. The van der Waals surface area contributed by atoms with E-state index in [1.165, 1.54) is 29.7 Å². The Kier molecular flexibility index (Phi) is 5.64. The van der Waals surface area contributed by atoms with Crippen LogP contribution < -0.4 is 21.7 Å². The van der Waals surface area contributed by atoms with Crippen LogP contribution in [-0.2, 0) is 0 Å². The number of nitrogens with zero attached hydrogens (tertiary/aromatic N) is 3. The van der Waals surface area contributed by atoms with E-state index in [4.69, 9.17) is 5.73 Å². The van der Waals surface area contributed by atoms with Crippen molar-refractivity contribution in [2.45, 2.75) is 6.92 Å². The third-order valence-electron chi connectivity index (χ3n) is 4.15. The van der Waals surface area contributed by atoms with Gasteiger partial charge in [-0.25, -0.2) is 14.8 Å². The number of urea groups is 1. The number of carbonyl (C=O) groups excluding carboxylic acids is 2. The van der Waals surface area contributed by atoms with Gasteiger partial charge >= 0.3 is 6.03 Å². The minimum absolute atomic E-state index is 0.297. The molecule has 0 unspecified atom stereocenters. The second-order valence-corrected chi connectivity index (χ2v) is 8.30. The maximum absolute atomic E-state index is 12.3. The number of hydrogen-bond acceptors (Lipinski definition) is 8. The van der Waals surface area contributed by atoms with Crippen molar-refractivity contribution in [3.8, 4) is 21.1 Å². The Morgan fingerprint density at radius 3 is 2.74 bits per heavy atom. The Bertz CT molecular complexity index is 1260. The number of thiazole rings is 2. The second-order valence-electron chi connectivity index (χ2n) is 6.45. The molecule has 1 aromatic carbocycles. The Hall–Kier alpha value is -3.77. The van der Waals surface area contributed by atoms with Crippen molar-refractivity contribution in [3.63, 3.8) is 0 Å². The molecule has 6 N–H and O–H groups in total. The van der Waals surface area contributed by atoms with Gasteiger partial charge in [-0.05, 0) is 25.1 Å². The van der Waals surface area contributed by atoms with Gasteiger partial charge in [0.25, 0.3) is 5.91 Å². The highest BCUT2D eigenvalue weighted by atomic mass is 32.1. The van der Waals surface area contributed by atoms with Crippen molar-refractivity contribution in [2.24, 2.45) is 0 Å². The Labute approximate surface area is 184 Å². The highest BCUT2D eigenvalue weighted by Crippen LogP contribution is 2.38. The summed E-state index contributed by atoms with van der Waals surface area (Å²) in [5.41, 5.74) is 9.35. The van der Waals surface area contributed by atoms with E-state index in [1.54, 1.807) is 12.1 Å². The predicted molar refractivity (Wildman–Crippen MR) is 122 cm³/mol. The van der Waals surface area contributed by atoms with E-state index in [9.17, 15) is 9.59 Å². The maximum atomic E-state index is 12.3. The van der Waals surface area contributed by atoms with Gasteiger partial charge in [-0.15, -0.1) is 11.3 Å². The number of nitrogens with two attached hydrogens (primary N) is 1. The zero-order chi connectivity index (χ0) is 22.0. The Morgan fingerprint density at radius 1 is 1.16 bits per heavy atom. The number of aryl methyl sites for hydroxylation is 1. The van der Waals surface area contributed by atoms with E-state index in [-0.39, 0.29) is 11.9 Å². The number of aromatic amines is 1. The lowest BCUT2D eigenvalue weighted by Gasteiger charge is -2.05. The monoisotopic (exact) mass is 454 g/mol. The van der Waals surface area contributed by atoms with Gasteiger partial charge in [-0.3, -0.25) is 15.2 Å². The second kappa shape index (κ2) is 8.53. The van der Waals surface area contributed by atoms with Gasteiger partial charge in [-0.2, -0.15) is 5.10 Å². The summed E-state index contributed by atoms with van der Waals surface area (Å²) in [4.78, 5) is 33.3. The molecule has 31 heavy (non-hydrogen) atoms. The molecular formula is C19H18N8O2S2. The molecule has 10 nitrogen and oxygen atoms in total. The van der Waals surface area contributed by atoms with Gasteiger partial charge < -0.3 is 16.4 Å². The van der Waals surface area contributed by atoms with Gasteiger partial charge in [-0.1, -0.05) is 23.5 Å². The lowest BCUT2D eigenvalue weighted by atomic mass is 10.1. The number of nitrogens with one attached hydrogen (secondary N) is 4. The summed E-state index contributed by atoms with van der Waals surface area (Å²) in [7, 11) is 1.52. The minimum atomic E-state index is -0.371. The van der Waals surface area contributed by atoms with Crippen LogP contribution in [-0.4, -0.2) is 39.2 Å². The molecule has 0 radical (unpaired) electrons. The van der Waals surface area contributed by atoms with Gasteiger partial charge in [0.2, 0.25) is 0 Å². The standard InChI is InChI=1S/C19H18N8O2S2/c1-9-6-12(27-26-9)16(28)22-11-5-3-4-10(7-11)13-8-30-17(23-13)14-15(20)24-19(31-14)25-18(29)21-2/h3-8H,20H2,1-2H3,(H,22,28)(H,26,27)(H2,21,24,25,29). The first-order valence-electron chi connectivity index (χ1n) is 9.07. The summed E-state index contributed by atoms with van der Waals surface area (Å²) in [6, 6.07) is 8.69. The number of amides is 3. The molecule has 3 aromatic heterocycles. The largest absolute Gasteiger partial charge is 0.382 e. The summed E-state index contributed by atoms with van der Waals surface area (Å²) in [6.45, 7) is 1.83. The Balaban J connectivity index is 1.54. The first-order chi connectivity index (χ1) is 14.9. The Morgan fingerprint density at radius 2 is 2.00 bits per heavy atom. The zero-order valence-electron chi connectivity index (χ0n) is 16.5. The van der Waals surface area contributed by atoms with E-state index < -0.39 is 0 Å². The van der Waals surface area contributed by atoms with Crippen LogP contribution in [0.1, 0.15) is 16.2 Å². The van der Waals surface area contributed by atoms with E-state index in [0.29, 0.717) is 32.2 Å². The van der Waals surface area contributed by atoms with Crippen LogP contribution in [0.4, 0.5) is 21.4 Å². The number of H-pyrrole nitrogens is 1. The first kappa shape index (κ1) is 20.5. The van der Waals surface area contributed by atoms with Crippen LogP contribution in [0.2, 0.25) is 0 Å². The van der Waals surface area contributed by atoms with E-state index in [1.807, 2.05) is 30.5 Å². The SMILES string of the molecule is CNC(=O)Nc1nc(N)c(-c2nc(-c3cccc(NC(=O)c4cc(C)[nH]n4)c3)cs2)s1. The third-order valence-corrected chi connectivity index (χ3v) is 6.14. The van der Waals surface area contributed by atoms with Crippen LogP contribution in [0, 0.1) is 6.92 Å². The molecule has 4 rings (SSSR count). The molecule has 0 bridgehead atoms. The van der Waals surface area contributed by atoms with Crippen LogP contribution in [0.5, 0.6) is 0 Å². The van der Waals surface area contributed by atoms with Gasteiger partial charge in [0.15, 0.2) is 10.8 Å². The molecule has 12 heteroatoms. The molecule has 4 aromatic rings. The molecule has 3 heterocycles. The summed E-state index contributed by atoms with van der Waals surface area (Å²) >= 11 is 2.67. The lowest BCUT2D eigenvalue weighted by molar-refractivity contribution is 0.102. The van der Waals surface area contributed by atoms with Gasteiger partial charge in [0.1, 0.15) is 15.7 Å². The van der Waals surface area contributed by atoms with Crippen LogP contribution in [0.25, 0.3) is 21.1 Å². The quantitative estimate of drug-likeness (QED) is 0.311. The summed E-state index contributed by atoms with van der Waals surface area (Å²) in [6.07, 6.45) is 0. The molecule has 158 valence electrons. The molecule has 0 aliphatic rings. The number of hydrogen-bond donors (Lipinski definition) is 5. The molecule has 0 saturated heterocycles. The molecule has 0 atom stereocenters. The molecule has 0 aliphatic heterocycles. The zero-order valence-corrected chi connectivity index (χ0v) is 18.1. The summed E-state index contributed by atoms with van der Waals surface area (Å²) in [5.74, 6) is 0.00154. The van der Waals surface area contributed by atoms with E-state index in [2.05, 4.69) is 36.1 Å². The fraction of sp³-hybridized carbons (Fsp3) is 0.105. The number of carbonyl (C=O) groups is 2. The molecule has 0 spiro atoms. The van der Waals surface area contributed by atoms with Crippen molar-refractivity contribution in [1.82, 2.24) is 25.5 Å². The topological polar surface area (TPSA) is 151 Å². The highest BCUT2D eigenvalue weighted by molar-refractivity contribution is 7.23. The maximum Gasteiger partial charge on any atom is 0.320 e. The number of rotatable bonds is 5. The van der Waals surface area contributed by atoms with E-state index in [0.717, 1.165) is 17.0 Å². The van der Waals surface area contributed by atoms with Crippen molar-refractivity contribution < 1.29 is 9.59 Å². The van der Waals surface area contributed by atoms with Crippen LogP contribution in [0.15, 0.2) is 35.7 Å². The minimum Gasteiger partial charge on any atom is -0.382 e. The van der Waals surface area contributed by atoms with Crippen molar-refractivity contribution in [3.05, 3.63) is 47.1 Å². The van der Waals surface area contributed by atoms with Crippen LogP contribution >= 0.6 is 22.7 Å². The van der Waals surface area contributed by atoms with Crippen molar-refractivity contribution in [1.29, 1.82) is 0 Å². The highest BCUT2D eigenvalue weighted by Gasteiger charge is 2.16. The van der Waals surface area contributed by atoms with Crippen molar-refractivity contribution in [2.75, 3.05) is 23.4 Å².